The topological polar surface area (TPSA) is 9.23 Å². The fraction of sp³-hybridized carbons (Fsp3) is 0.0769. The number of alkyl halides is 1. The van der Waals surface area contributed by atoms with Crippen molar-refractivity contribution in [1.82, 2.24) is 0 Å². The summed E-state index contributed by atoms with van der Waals surface area (Å²) in [6, 6.07) is 8.98. The fourth-order valence-electron chi connectivity index (χ4n) is 1.42. The van der Waals surface area contributed by atoms with Crippen molar-refractivity contribution >= 4 is 27.5 Å². The quantitative estimate of drug-likeness (QED) is 0.696. The molecule has 0 saturated heterocycles. The molecule has 2 aromatic rings. The lowest BCUT2D eigenvalue weighted by atomic mass is 10.2. The van der Waals surface area contributed by atoms with Gasteiger partial charge in [0.25, 0.3) is 0 Å². The molecular formula is C13H8BrClF2O. The van der Waals surface area contributed by atoms with Crippen molar-refractivity contribution in [3.8, 4) is 11.5 Å². The number of hydrogen-bond donors (Lipinski definition) is 0. The molecule has 18 heavy (non-hydrogen) atoms. The minimum absolute atomic E-state index is 0.167. The number of benzene rings is 2. The Morgan fingerprint density at radius 3 is 2.61 bits per heavy atom. The van der Waals surface area contributed by atoms with Gasteiger partial charge in [0.05, 0.1) is 5.88 Å². The highest BCUT2D eigenvalue weighted by Gasteiger charge is 2.12. The van der Waals surface area contributed by atoms with Crippen LogP contribution < -0.4 is 4.74 Å². The van der Waals surface area contributed by atoms with E-state index < -0.39 is 11.6 Å². The highest BCUT2D eigenvalue weighted by Crippen LogP contribution is 2.31. The average Bonchev–Trinajstić information content (AvgIpc) is 2.35. The predicted octanol–water partition coefficient (Wildman–Crippen LogP) is 5.26. The third-order valence-electron chi connectivity index (χ3n) is 2.31. The SMILES string of the molecule is Fc1cccc(Oc2cc(Br)ccc2CCl)c1F. The van der Waals surface area contributed by atoms with E-state index >= 15 is 0 Å². The molecule has 0 saturated carbocycles. The lowest BCUT2D eigenvalue weighted by Crippen LogP contribution is -1.94. The van der Waals surface area contributed by atoms with Gasteiger partial charge in [0.15, 0.2) is 11.6 Å². The minimum Gasteiger partial charge on any atom is -0.454 e. The van der Waals surface area contributed by atoms with Crippen LogP contribution in [-0.4, -0.2) is 0 Å². The Hall–Kier alpha value is -1.13. The molecule has 0 fully saturated rings. The molecule has 0 aliphatic carbocycles. The summed E-state index contributed by atoms with van der Waals surface area (Å²) < 4.78 is 32.7. The Balaban J connectivity index is 2.39. The van der Waals surface area contributed by atoms with E-state index in [-0.39, 0.29) is 11.6 Å². The van der Waals surface area contributed by atoms with Gasteiger partial charge in [-0.15, -0.1) is 11.6 Å². The molecule has 0 amide bonds. The third-order valence-corrected chi connectivity index (χ3v) is 3.09. The van der Waals surface area contributed by atoms with Crippen LogP contribution in [0.25, 0.3) is 0 Å². The van der Waals surface area contributed by atoms with E-state index in [1.54, 1.807) is 18.2 Å². The van der Waals surface area contributed by atoms with E-state index in [1.807, 2.05) is 0 Å². The molecule has 0 spiro atoms. The average molecular weight is 334 g/mol. The van der Waals surface area contributed by atoms with Gasteiger partial charge < -0.3 is 4.74 Å². The van der Waals surface area contributed by atoms with Crippen molar-refractivity contribution in [3.05, 3.63) is 58.1 Å². The first-order chi connectivity index (χ1) is 8.61. The summed E-state index contributed by atoms with van der Waals surface area (Å²) in [6.07, 6.45) is 0. The molecular weight excluding hydrogens is 325 g/mol. The summed E-state index contributed by atoms with van der Waals surface area (Å²) in [6.45, 7) is 0. The fourth-order valence-corrected chi connectivity index (χ4v) is 1.98. The minimum atomic E-state index is -1.02. The first-order valence-corrected chi connectivity index (χ1v) is 6.41. The van der Waals surface area contributed by atoms with Crippen LogP contribution in [0.3, 0.4) is 0 Å². The van der Waals surface area contributed by atoms with Crippen LogP contribution in [0.4, 0.5) is 8.78 Å². The zero-order valence-corrected chi connectivity index (χ0v) is 11.4. The van der Waals surface area contributed by atoms with Gasteiger partial charge in [-0.1, -0.05) is 28.1 Å². The van der Waals surface area contributed by atoms with Gasteiger partial charge in [-0.05, 0) is 24.3 Å². The summed E-state index contributed by atoms with van der Waals surface area (Å²) in [7, 11) is 0. The predicted molar refractivity (Wildman–Crippen MR) is 70.1 cm³/mol. The molecule has 0 aliphatic heterocycles. The largest absolute Gasteiger partial charge is 0.454 e. The summed E-state index contributed by atoms with van der Waals surface area (Å²) >= 11 is 9.04. The summed E-state index contributed by atoms with van der Waals surface area (Å²) in [4.78, 5) is 0. The molecule has 0 bridgehead atoms. The molecule has 0 aliphatic rings. The molecule has 5 heteroatoms. The van der Waals surface area contributed by atoms with Crippen molar-refractivity contribution in [3.63, 3.8) is 0 Å². The summed E-state index contributed by atoms with van der Waals surface area (Å²) in [5.41, 5.74) is 0.698. The molecule has 0 N–H and O–H groups in total. The monoisotopic (exact) mass is 332 g/mol. The second-order valence-corrected chi connectivity index (χ2v) is 4.72. The molecule has 0 atom stereocenters. The van der Waals surface area contributed by atoms with Crippen LogP contribution in [0.5, 0.6) is 11.5 Å². The van der Waals surface area contributed by atoms with Gasteiger partial charge in [-0.3, -0.25) is 0 Å². The molecule has 0 aromatic heterocycles. The second-order valence-electron chi connectivity index (χ2n) is 3.54. The normalized spacial score (nSPS) is 10.4. The van der Waals surface area contributed by atoms with Gasteiger partial charge in [-0.25, -0.2) is 4.39 Å². The lowest BCUT2D eigenvalue weighted by Gasteiger charge is -2.10. The molecule has 2 aromatic carbocycles. The van der Waals surface area contributed by atoms with E-state index in [1.165, 1.54) is 12.1 Å². The van der Waals surface area contributed by atoms with E-state index in [2.05, 4.69) is 15.9 Å². The highest BCUT2D eigenvalue weighted by molar-refractivity contribution is 9.10. The van der Waals surface area contributed by atoms with Gasteiger partial charge in [0.2, 0.25) is 5.82 Å². The maximum Gasteiger partial charge on any atom is 0.201 e. The van der Waals surface area contributed by atoms with E-state index in [4.69, 9.17) is 16.3 Å². The first kappa shape index (κ1) is 13.3. The molecule has 1 nitrogen and oxygen atoms in total. The van der Waals surface area contributed by atoms with Crippen molar-refractivity contribution < 1.29 is 13.5 Å². The van der Waals surface area contributed by atoms with E-state index in [0.717, 1.165) is 10.5 Å². The Morgan fingerprint density at radius 2 is 1.89 bits per heavy atom. The Labute approximate surface area is 116 Å². The zero-order valence-electron chi connectivity index (χ0n) is 9.09. The lowest BCUT2D eigenvalue weighted by molar-refractivity contribution is 0.414. The number of ether oxygens (including phenoxy) is 1. The highest BCUT2D eigenvalue weighted by atomic mass is 79.9. The second kappa shape index (κ2) is 5.67. The van der Waals surface area contributed by atoms with E-state index in [9.17, 15) is 8.78 Å². The number of halogens is 4. The maximum absolute atomic E-state index is 13.5. The molecule has 0 radical (unpaired) electrons. The van der Waals surface area contributed by atoms with Crippen LogP contribution in [0.1, 0.15) is 5.56 Å². The Kier molecular flexibility index (Phi) is 4.19. The zero-order chi connectivity index (χ0) is 13.1. The van der Waals surface area contributed by atoms with Crippen LogP contribution >= 0.6 is 27.5 Å². The standard InChI is InChI=1S/C13H8BrClF2O/c14-9-5-4-8(7-15)12(6-9)18-11-3-1-2-10(16)13(11)17/h1-6H,7H2. The van der Waals surface area contributed by atoms with Crippen molar-refractivity contribution in [2.75, 3.05) is 0 Å². The van der Waals surface area contributed by atoms with Crippen LogP contribution in [0, 0.1) is 11.6 Å². The summed E-state index contributed by atoms with van der Waals surface area (Å²) in [5.74, 6) is -1.52. The van der Waals surface area contributed by atoms with Crippen LogP contribution in [-0.2, 0) is 5.88 Å². The summed E-state index contributed by atoms with van der Waals surface area (Å²) in [5, 5.41) is 0. The first-order valence-electron chi connectivity index (χ1n) is 5.08. The molecule has 0 heterocycles. The molecule has 0 unspecified atom stereocenters. The number of rotatable bonds is 3. The number of hydrogen-bond acceptors (Lipinski definition) is 1. The van der Waals surface area contributed by atoms with Gasteiger partial charge in [-0.2, -0.15) is 4.39 Å². The van der Waals surface area contributed by atoms with Crippen LogP contribution in [0.2, 0.25) is 0 Å². The van der Waals surface area contributed by atoms with Crippen molar-refractivity contribution in [1.29, 1.82) is 0 Å². The van der Waals surface area contributed by atoms with E-state index in [0.29, 0.717) is 11.3 Å². The Morgan fingerprint density at radius 1 is 1.11 bits per heavy atom. The van der Waals surface area contributed by atoms with Gasteiger partial charge >= 0.3 is 0 Å². The molecule has 2 rings (SSSR count). The van der Waals surface area contributed by atoms with Crippen molar-refractivity contribution in [2.45, 2.75) is 5.88 Å². The van der Waals surface area contributed by atoms with Gasteiger partial charge in [0, 0.05) is 10.0 Å². The smallest absolute Gasteiger partial charge is 0.201 e. The van der Waals surface area contributed by atoms with Gasteiger partial charge in [0.1, 0.15) is 5.75 Å². The molecule has 94 valence electrons. The Bertz CT molecular complexity index is 575. The van der Waals surface area contributed by atoms with Crippen LogP contribution in [0.15, 0.2) is 40.9 Å². The third kappa shape index (κ3) is 2.82. The maximum atomic E-state index is 13.5. The van der Waals surface area contributed by atoms with Crippen molar-refractivity contribution in [2.24, 2.45) is 0 Å².